The minimum atomic E-state index is -0.289. The van der Waals surface area contributed by atoms with Gasteiger partial charge in [0.25, 0.3) is 0 Å². The van der Waals surface area contributed by atoms with Crippen molar-refractivity contribution in [1.29, 1.82) is 0 Å². The third kappa shape index (κ3) is 6.94. The average Bonchev–Trinajstić information content (AvgIpc) is 3.28. The lowest BCUT2D eigenvalue weighted by atomic mass is 10.1. The molecule has 0 radical (unpaired) electrons. The molecule has 0 aliphatic carbocycles. The lowest BCUT2D eigenvalue weighted by Gasteiger charge is -2.23. The van der Waals surface area contributed by atoms with E-state index in [1.165, 1.54) is 5.56 Å². The number of imidazole rings is 1. The summed E-state index contributed by atoms with van der Waals surface area (Å²) in [6.45, 7) is 8.41. The van der Waals surface area contributed by atoms with Gasteiger partial charge in [-0.25, -0.2) is 4.98 Å². The summed E-state index contributed by atoms with van der Waals surface area (Å²) in [6.07, 6.45) is 2.31. The number of benzene rings is 3. The molecule has 0 saturated heterocycles. The van der Waals surface area contributed by atoms with E-state index in [0.29, 0.717) is 18.9 Å². The molecule has 0 aliphatic rings. The zero-order valence-electron chi connectivity index (χ0n) is 21.9. The molecular formula is C31H34N4O2. The first-order valence-electron chi connectivity index (χ1n) is 12.6. The highest BCUT2D eigenvalue weighted by Gasteiger charge is 2.21. The highest BCUT2D eigenvalue weighted by molar-refractivity contribution is 5.94. The van der Waals surface area contributed by atoms with Crippen LogP contribution in [0.4, 0.5) is 5.95 Å². The van der Waals surface area contributed by atoms with Gasteiger partial charge < -0.3 is 4.90 Å². The molecule has 6 nitrogen and oxygen atoms in total. The lowest BCUT2D eigenvalue weighted by Crippen LogP contribution is -2.38. The third-order valence-corrected chi connectivity index (χ3v) is 6.10. The Balaban J connectivity index is 1.60. The number of anilines is 1. The molecule has 3 aromatic carbocycles. The van der Waals surface area contributed by atoms with Gasteiger partial charge in [-0.15, -0.1) is 0 Å². The molecule has 0 unspecified atom stereocenters. The quantitative estimate of drug-likeness (QED) is 0.303. The lowest BCUT2D eigenvalue weighted by molar-refractivity contribution is -0.136. The van der Waals surface area contributed by atoms with E-state index >= 15 is 0 Å². The summed E-state index contributed by atoms with van der Waals surface area (Å²) < 4.78 is 1.88. The van der Waals surface area contributed by atoms with E-state index in [0.717, 1.165) is 28.1 Å². The fourth-order valence-electron chi connectivity index (χ4n) is 4.09. The van der Waals surface area contributed by atoms with Crippen LogP contribution in [-0.2, 0) is 16.1 Å². The van der Waals surface area contributed by atoms with Crippen LogP contribution in [0.3, 0.4) is 0 Å². The Bertz CT molecular complexity index is 1340. The summed E-state index contributed by atoms with van der Waals surface area (Å²) >= 11 is 0. The zero-order valence-corrected chi connectivity index (χ0v) is 21.9. The highest BCUT2D eigenvalue weighted by Crippen LogP contribution is 2.25. The monoisotopic (exact) mass is 494 g/mol. The van der Waals surface area contributed by atoms with E-state index in [-0.39, 0.29) is 24.3 Å². The summed E-state index contributed by atoms with van der Waals surface area (Å²) in [4.78, 5) is 32.7. The molecule has 1 N–H and O–H groups in total. The fourth-order valence-corrected chi connectivity index (χ4v) is 4.09. The Morgan fingerprint density at radius 2 is 1.51 bits per heavy atom. The first-order chi connectivity index (χ1) is 17.8. The van der Waals surface area contributed by atoms with Crippen LogP contribution in [0.5, 0.6) is 0 Å². The van der Waals surface area contributed by atoms with Crippen LogP contribution in [0.15, 0.2) is 85.1 Å². The number of amides is 2. The molecule has 0 bridgehead atoms. The smallest absolute Gasteiger partial charge is 0.246 e. The molecule has 0 aliphatic heterocycles. The van der Waals surface area contributed by atoms with Gasteiger partial charge in [-0.2, -0.15) is 0 Å². The first-order valence-corrected chi connectivity index (χ1v) is 12.6. The average molecular weight is 495 g/mol. The van der Waals surface area contributed by atoms with Gasteiger partial charge in [-0.3, -0.25) is 19.5 Å². The van der Waals surface area contributed by atoms with Crippen LogP contribution < -0.4 is 5.32 Å². The summed E-state index contributed by atoms with van der Waals surface area (Å²) in [5.41, 5.74) is 5.91. The number of rotatable bonds is 9. The Kier molecular flexibility index (Phi) is 8.18. The SMILES string of the molecule is Cc1ccc(-c2cn(-c3ccc(C)cc3)c(NC(=O)CN(Cc3ccccc3)C(=O)CC(C)C)n2)cc1. The van der Waals surface area contributed by atoms with Crippen LogP contribution in [-0.4, -0.2) is 32.8 Å². The number of hydrogen-bond acceptors (Lipinski definition) is 3. The molecule has 1 aromatic heterocycles. The molecule has 37 heavy (non-hydrogen) atoms. The van der Waals surface area contributed by atoms with Crippen molar-refractivity contribution >= 4 is 17.8 Å². The maximum atomic E-state index is 13.3. The second-order valence-corrected chi connectivity index (χ2v) is 9.90. The third-order valence-electron chi connectivity index (χ3n) is 6.10. The van der Waals surface area contributed by atoms with Gasteiger partial charge in [0.15, 0.2) is 0 Å². The second kappa shape index (κ2) is 11.7. The van der Waals surface area contributed by atoms with Gasteiger partial charge in [0, 0.05) is 30.4 Å². The summed E-state index contributed by atoms with van der Waals surface area (Å²) in [5, 5.41) is 2.97. The van der Waals surface area contributed by atoms with E-state index in [4.69, 9.17) is 4.98 Å². The maximum absolute atomic E-state index is 13.3. The number of nitrogens with zero attached hydrogens (tertiary/aromatic N) is 3. The topological polar surface area (TPSA) is 67.2 Å². The second-order valence-electron chi connectivity index (χ2n) is 9.90. The van der Waals surface area contributed by atoms with Gasteiger partial charge in [0.2, 0.25) is 17.8 Å². The number of aromatic nitrogens is 2. The largest absolute Gasteiger partial charge is 0.329 e. The van der Waals surface area contributed by atoms with E-state index in [1.54, 1.807) is 4.90 Å². The minimum absolute atomic E-state index is 0.0452. The molecule has 1 heterocycles. The van der Waals surface area contributed by atoms with E-state index in [2.05, 4.69) is 5.32 Å². The van der Waals surface area contributed by atoms with Gasteiger partial charge in [-0.05, 0) is 37.5 Å². The standard InChI is InChI=1S/C31H34N4O2/c1-22(2)18-30(37)34(19-25-8-6-5-7-9-25)21-29(36)33-31-32-28(26-14-10-23(3)11-15-26)20-35(31)27-16-12-24(4)13-17-27/h5-17,20,22H,18-19,21H2,1-4H3,(H,32,33,36). The Hall–Kier alpha value is -4.19. The molecule has 6 heteroatoms. The van der Waals surface area contributed by atoms with Crippen LogP contribution in [0.25, 0.3) is 16.9 Å². The van der Waals surface area contributed by atoms with E-state index in [9.17, 15) is 9.59 Å². The van der Waals surface area contributed by atoms with Crippen molar-refractivity contribution in [2.75, 3.05) is 11.9 Å². The predicted molar refractivity (Wildman–Crippen MR) is 148 cm³/mol. The Morgan fingerprint density at radius 1 is 0.892 bits per heavy atom. The van der Waals surface area contributed by atoms with Gasteiger partial charge in [-0.1, -0.05) is 91.7 Å². The highest BCUT2D eigenvalue weighted by atomic mass is 16.2. The van der Waals surface area contributed by atoms with Gasteiger partial charge in [0.1, 0.15) is 6.54 Å². The van der Waals surface area contributed by atoms with Crippen molar-refractivity contribution in [3.63, 3.8) is 0 Å². The summed E-state index contributed by atoms with van der Waals surface area (Å²) in [6, 6.07) is 25.9. The number of carbonyl (C=O) groups excluding carboxylic acids is 2. The predicted octanol–water partition coefficient (Wildman–Crippen LogP) is 6.17. The molecule has 4 aromatic rings. The minimum Gasteiger partial charge on any atom is -0.329 e. The van der Waals surface area contributed by atoms with Crippen LogP contribution in [0, 0.1) is 19.8 Å². The summed E-state index contributed by atoms with van der Waals surface area (Å²) in [5.74, 6) is 0.283. The number of aryl methyl sites for hydroxylation is 2. The van der Waals surface area contributed by atoms with Crippen molar-refractivity contribution in [2.24, 2.45) is 5.92 Å². The zero-order chi connectivity index (χ0) is 26.4. The number of nitrogens with one attached hydrogen (secondary N) is 1. The van der Waals surface area contributed by atoms with Gasteiger partial charge >= 0.3 is 0 Å². The fraction of sp³-hybridized carbons (Fsp3) is 0.258. The molecule has 190 valence electrons. The van der Waals surface area contributed by atoms with Crippen molar-refractivity contribution in [3.05, 3.63) is 102 Å². The Labute approximate surface area is 219 Å². The van der Waals surface area contributed by atoms with Crippen molar-refractivity contribution in [3.8, 4) is 16.9 Å². The van der Waals surface area contributed by atoms with Crippen LogP contribution in [0.1, 0.15) is 37.0 Å². The van der Waals surface area contributed by atoms with E-state index < -0.39 is 0 Å². The van der Waals surface area contributed by atoms with Crippen LogP contribution >= 0.6 is 0 Å². The molecule has 4 rings (SSSR count). The number of carbonyl (C=O) groups is 2. The normalized spacial score (nSPS) is 10.9. The van der Waals surface area contributed by atoms with Crippen molar-refractivity contribution in [1.82, 2.24) is 14.5 Å². The molecule has 0 fully saturated rings. The van der Waals surface area contributed by atoms with Gasteiger partial charge in [0.05, 0.1) is 5.69 Å². The molecule has 0 spiro atoms. The number of hydrogen-bond donors (Lipinski definition) is 1. The Morgan fingerprint density at radius 3 is 2.14 bits per heavy atom. The summed E-state index contributed by atoms with van der Waals surface area (Å²) in [7, 11) is 0. The molecular weight excluding hydrogens is 460 g/mol. The molecule has 0 atom stereocenters. The van der Waals surface area contributed by atoms with Crippen LogP contribution in [0.2, 0.25) is 0 Å². The van der Waals surface area contributed by atoms with E-state index in [1.807, 2.05) is 117 Å². The first kappa shape index (κ1) is 25.9. The molecule has 0 saturated carbocycles. The maximum Gasteiger partial charge on any atom is 0.246 e. The van der Waals surface area contributed by atoms with Crippen molar-refractivity contribution < 1.29 is 9.59 Å². The molecule has 2 amide bonds. The van der Waals surface area contributed by atoms with Crippen molar-refractivity contribution in [2.45, 2.75) is 40.7 Å².